The summed E-state index contributed by atoms with van der Waals surface area (Å²) in [6, 6.07) is 12.0. The molecule has 0 fully saturated rings. The molecular formula is C29H33F3N2O7. The third kappa shape index (κ3) is 8.23. The van der Waals surface area contributed by atoms with Crippen LogP contribution in [0.5, 0.6) is 11.5 Å². The molecule has 0 spiro atoms. The van der Waals surface area contributed by atoms with Crippen molar-refractivity contribution in [3.05, 3.63) is 59.0 Å². The topological polar surface area (TPSA) is 122 Å². The number of benzene rings is 2. The van der Waals surface area contributed by atoms with Gasteiger partial charge in [-0.25, -0.2) is 4.98 Å². The Hall–Kier alpha value is -4.06. The lowest BCUT2D eigenvalue weighted by Crippen LogP contribution is -2.37. The summed E-state index contributed by atoms with van der Waals surface area (Å²) in [5.74, 6) is -0.640. The van der Waals surface area contributed by atoms with Gasteiger partial charge in [0.25, 0.3) is 0 Å². The van der Waals surface area contributed by atoms with Crippen molar-refractivity contribution in [3.63, 3.8) is 0 Å². The highest BCUT2D eigenvalue weighted by Gasteiger charge is 2.29. The summed E-state index contributed by atoms with van der Waals surface area (Å²) in [6.45, 7) is 2.41. The molecule has 1 heterocycles. The van der Waals surface area contributed by atoms with Gasteiger partial charge in [0.2, 0.25) is 5.89 Å². The maximum Gasteiger partial charge on any atom is 0.430 e. The Labute approximate surface area is 235 Å². The second-order valence-electron chi connectivity index (χ2n) is 10.5. The van der Waals surface area contributed by atoms with Gasteiger partial charge in [0, 0.05) is 18.1 Å². The fourth-order valence-electron chi connectivity index (χ4n) is 4.59. The molecule has 0 aliphatic heterocycles. The van der Waals surface area contributed by atoms with Crippen LogP contribution < -0.4 is 19.1 Å². The zero-order chi connectivity index (χ0) is 30.5. The quantitative estimate of drug-likeness (QED) is 0.374. The van der Waals surface area contributed by atoms with Crippen molar-refractivity contribution < 1.29 is 46.9 Å². The molecule has 1 aliphatic rings. The summed E-state index contributed by atoms with van der Waals surface area (Å²) in [7, 11) is 7.96. The van der Waals surface area contributed by atoms with Crippen molar-refractivity contribution in [2.75, 3.05) is 34.9 Å². The first-order chi connectivity index (χ1) is 19.1. The number of quaternary nitrogens is 1. The van der Waals surface area contributed by atoms with Gasteiger partial charge in [0.05, 0.1) is 47.0 Å². The van der Waals surface area contributed by atoms with E-state index in [9.17, 15) is 18.0 Å². The maximum atomic E-state index is 11.1. The molecule has 1 N–H and O–H groups in total. The largest absolute Gasteiger partial charge is 0.542 e. The Balaban J connectivity index is 0.000000587. The van der Waals surface area contributed by atoms with Crippen molar-refractivity contribution in [1.82, 2.24) is 9.47 Å². The number of ether oxygens (including phenoxy) is 2. The average molecular weight is 579 g/mol. The molecule has 0 saturated carbocycles. The molecule has 1 aliphatic carbocycles. The molecule has 0 radical (unpaired) electrons. The zero-order valence-electron chi connectivity index (χ0n) is 23.5. The first-order valence-electron chi connectivity index (χ1n) is 12.8. The summed E-state index contributed by atoms with van der Waals surface area (Å²) < 4.78 is 49.7. The minimum Gasteiger partial charge on any atom is -0.542 e. The number of halogens is 3. The molecular weight excluding hydrogens is 545 g/mol. The lowest BCUT2D eigenvalue weighted by Gasteiger charge is -2.25. The van der Waals surface area contributed by atoms with Crippen LogP contribution in [0.15, 0.2) is 40.8 Å². The minimum absolute atomic E-state index is 0.105. The Bertz CT molecular complexity index is 1390. The van der Waals surface area contributed by atoms with E-state index in [1.807, 2.05) is 37.3 Å². The predicted octanol–water partition coefficient (Wildman–Crippen LogP) is 4.28. The molecule has 41 heavy (non-hydrogen) atoms. The number of carboxylic acid groups (broad SMARTS) is 2. The number of hydrogen-bond donors (Lipinski definition) is 1. The molecule has 0 bridgehead atoms. The maximum absolute atomic E-state index is 11.1. The molecule has 1 atom stereocenters. The van der Waals surface area contributed by atoms with E-state index in [-0.39, 0.29) is 12.3 Å². The number of oxazole rings is 1. The molecule has 0 saturated heterocycles. The van der Waals surface area contributed by atoms with E-state index >= 15 is 0 Å². The van der Waals surface area contributed by atoms with Gasteiger partial charge in [-0.15, -0.1) is 0 Å². The number of rotatable bonds is 9. The second kappa shape index (κ2) is 12.6. The number of carbonyl (C=O) groups excluding carboxylic acids is 1. The third-order valence-corrected chi connectivity index (χ3v) is 6.62. The van der Waals surface area contributed by atoms with Crippen molar-refractivity contribution in [1.29, 1.82) is 0 Å². The van der Waals surface area contributed by atoms with Gasteiger partial charge in [-0.3, -0.25) is 9.28 Å². The van der Waals surface area contributed by atoms with E-state index in [1.165, 1.54) is 5.56 Å². The fourth-order valence-corrected chi connectivity index (χ4v) is 4.59. The van der Waals surface area contributed by atoms with Crippen LogP contribution in [0, 0.1) is 6.92 Å². The molecule has 9 nitrogen and oxygen atoms in total. The highest BCUT2D eigenvalue weighted by atomic mass is 19.4. The Morgan fingerprint density at radius 2 is 1.85 bits per heavy atom. The number of aliphatic carboxylic acids is 2. The zero-order valence-corrected chi connectivity index (χ0v) is 23.5. The number of hydrogen-bond acceptors (Lipinski definition) is 7. The Kier molecular flexibility index (Phi) is 9.69. The first kappa shape index (κ1) is 31.5. The molecule has 12 heteroatoms. The average Bonchev–Trinajstić information content (AvgIpc) is 3.45. The van der Waals surface area contributed by atoms with Crippen LogP contribution >= 0.6 is 0 Å². The predicted molar refractivity (Wildman–Crippen MR) is 143 cm³/mol. The van der Waals surface area contributed by atoms with Crippen molar-refractivity contribution in [2.45, 2.75) is 44.7 Å². The molecule has 0 amide bonds. The van der Waals surface area contributed by atoms with Crippen molar-refractivity contribution in [3.8, 4) is 23.0 Å². The highest BCUT2D eigenvalue weighted by molar-refractivity contribution is 5.70. The van der Waals surface area contributed by atoms with Gasteiger partial charge in [0.1, 0.15) is 17.5 Å². The van der Waals surface area contributed by atoms with E-state index in [0.29, 0.717) is 23.4 Å². The van der Waals surface area contributed by atoms with Crippen LogP contribution in [0.25, 0.3) is 11.5 Å². The molecule has 222 valence electrons. The van der Waals surface area contributed by atoms with Crippen LogP contribution in [-0.2, 0) is 22.4 Å². The number of fused-ring (bicyclic) bond motifs is 1. The van der Waals surface area contributed by atoms with Crippen LogP contribution in [0.4, 0.5) is 18.9 Å². The minimum atomic E-state index is -5.19. The summed E-state index contributed by atoms with van der Waals surface area (Å²) in [5.41, 5.74) is 5.16. The van der Waals surface area contributed by atoms with E-state index < -0.39 is 18.1 Å². The lowest BCUT2D eigenvalue weighted by molar-refractivity contribution is -0.344. The molecule has 1 aromatic heterocycles. The first-order valence-corrected chi connectivity index (χ1v) is 12.8. The van der Waals surface area contributed by atoms with Gasteiger partial charge in [-0.1, -0.05) is 6.07 Å². The summed E-state index contributed by atoms with van der Waals surface area (Å²) >= 11 is 0. The van der Waals surface area contributed by atoms with Crippen LogP contribution in [0.1, 0.15) is 41.3 Å². The van der Waals surface area contributed by atoms with Crippen LogP contribution in [0.2, 0.25) is 0 Å². The van der Waals surface area contributed by atoms with E-state index in [1.54, 1.807) is 7.11 Å². The van der Waals surface area contributed by atoms with Gasteiger partial charge < -0.3 is 28.9 Å². The lowest BCUT2D eigenvalue weighted by atomic mass is 9.98. The van der Waals surface area contributed by atoms with Gasteiger partial charge in [0.15, 0.2) is 11.4 Å². The SMILES string of the molecule is COc1ccc(-c2nc(CCOc3ccc4c(c3)CC[C@H]4CC(=O)O)c(C)o2)cc1[N+](C)(C)C.O=C([O-])C(F)(F)F. The number of carboxylic acids is 2. The van der Waals surface area contributed by atoms with E-state index in [2.05, 4.69) is 27.2 Å². The Morgan fingerprint density at radius 3 is 2.44 bits per heavy atom. The number of aromatic nitrogens is 1. The standard InChI is InChI=1S/C27H32N2O5.C2HF3O2/c1-17-23(28-27(34-17)20-8-11-25(32-5)24(15-20)29(2,3)4)12-13-33-21-9-10-22-18(14-21)6-7-19(22)16-26(30)31;3-2(4,5)1(6)7/h8-11,14-15,19H,6-7,12-13,16H2,1-5H3;(H,6,7)/t19-;/m0./s1. The van der Waals surface area contributed by atoms with Crippen LogP contribution in [-0.4, -0.2) is 63.1 Å². The molecule has 4 rings (SSSR count). The number of methoxy groups -OCH3 is 1. The Morgan fingerprint density at radius 1 is 1.17 bits per heavy atom. The van der Waals surface area contributed by atoms with Crippen molar-refractivity contribution in [2.24, 2.45) is 0 Å². The summed E-state index contributed by atoms with van der Waals surface area (Å²) in [5, 5.41) is 17.9. The van der Waals surface area contributed by atoms with Gasteiger partial charge >= 0.3 is 12.1 Å². The number of alkyl halides is 3. The monoisotopic (exact) mass is 578 g/mol. The third-order valence-electron chi connectivity index (χ3n) is 6.62. The normalized spacial score (nSPS) is 14.6. The molecule has 3 aromatic rings. The smallest absolute Gasteiger partial charge is 0.430 e. The van der Waals surface area contributed by atoms with E-state index in [0.717, 1.165) is 52.6 Å². The summed E-state index contributed by atoms with van der Waals surface area (Å²) in [6.07, 6.45) is -2.60. The van der Waals surface area contributed by atoms with Crippen molar-refractivity contribution >= 4 is 17.6 Å². The van der Waals surface area contributed by atoms with E-state index in [4.69, 9.17) is 33.9 Å². The number of nitrogens with zero attached hydrogens (tertiary/aromatic N) is 2. The molecule has 0 unspecified atom stereocenters. The second-order valence-corrected chi connectivity index (χ2v) is 10.5. The van der Waals surface area contributed by atoms with Gasteiger partial charge in [-0.2, -0.15) is 13.2 Å². The summed E-state index contributed by atoms with van der Waals surface area (Å²) in [4.78, 5) is 24.6. The number of aryl methyl sites for hydroxylation is 2. The fraction of sp³-hybridized carbons (Fsp3) is 0.414. The highest BCUT2D eigenvalue weighted by Crippen LogP contribution is 2.38. The molecule has 2 aromatic carbocycles. The van der Waals surface area contributed by atoms with Crippen LogP contribution in [0.3, 0.4) is 0 Å². The number of carbonyl (C=O) groups is 2. The van der Waals surface area contributed by atoms with Gasteiger partial charge in [-0.05, 0) is 61.1 Å².